The van der Waals surface area contributed by atoms with Crippen molar-refractivity contribution in [1.82, 2.24) is 14.9 Å². The highest BCUT2D eigenvalue weighted by Gasteiger charge is 2.27. The van der Waals surface area contributed by atoms with Crippen molar-refractivity contribution in [3.8, 4) is 6.01 Å². The zero-order valence-electron chi connectivity index (χ0n) is 14.5. The van der Waals surface area contributed by atoms with Crippen molar-refractivity contribution in [1.29, 1.82) is 0 Å². The van der Waals surface area contributed by atoms with Gasteiger partial charge in [0.25, 0.3) is 0 Å². The molecule has 0 bridgehead atoms. The Hall–Kier alpha value is -1.85. The van der Waals surface area contributed by atoms with Gasteiger partial charge < -0.3 is 14.4 Å². The third-order valence-electron chi connectivity index (χ3n) is 3.70. The number of rotatable bonds is 4. The van der Waals surface area contributed by atoms with Gasteiger partial charge in [0.05, 0.1) is 6.61 Å². The Labute approximate surface area is 138 Å². The minimum Gasteiger partial charge on any atom is -0.463 e. The lowest BCUT2D eigenvalue weighted by Gasteiger charge is -2.34. The third-order valence-corrected chi connectivity index (χ3v) is 3.70. The number of carbonyl (C=O) groups is 1. The molecule has 128 valence electrons. The van der Waals surface area contributed by atoms with Crippen molar-refractivity contribution in [2.75, 3.05) is 19.7 Å². The Kier molecular flexibility index (Phi) is 5.80. The van der Waals surface area contributed by atoms with Crippen LogP contribution in [0, 0.1) is 12.8 Å². The topological polar surface area (TPSA) is 64.5 Å². The van der Waals surface area contributed by atoms with E-state index in [1.807, 2.05) is 38.7 Å². The first-order valence-corrected chi connectivity index (χ1v) is 8.24. The van der Waals surface area contributed by atoms with Gasteiger partial charge in [-0.1, -0.05) is 0 Å². The Morgan fingerprint density at radius 2 is 2.22 bits per heavy atom. The van der Waals surface area contributed by atoms with Gasteiger partial charge in [0.15, 0.2) is 0 Å². The van der Waals surface area contributed by atoms with Gasteiger partial charge in [-0.15, -0.1) is 0 Å². The van der Waals surface area contributed by atoms with Crippen LogP contribution in [-0.2, 0) is 4.74 Å². The van der Waals surface area contributed by atoms with Crippen LogP contribution in [0.5, 0.6) is 6.01 Å². The van der Waals surface area contributed by atoms with Gasteiger partial charge in [-0.2, -0.15) is 0 Å². The molecule has 0 aliphatic carbocycles. The monoisotopic (exact) mass is 321 g/mol. The highest BCUT2D eigenvalue weighted by molar-refractivity contribution is 5.68. The fourth-order valence-electron chi connectivity index (χ4n) is 2.61. The van der Waals surface area contributed by atoms with Gasteiger partial charge in [0.2, 0.25) is 0 Å². The predicted octanol–water partition coefficient (Wildman–Crippen LogP) is 3.20. The number of hydrogen-bond donors (Lipinski definition) is 0. The molecule has 1 aromatic rings. The lowest BCUT2D eigenvalue weighted by atomic mass is 9.95. The van der Waals surface area contributed by atoms with Crippen molar-refractivity contribution < 1.29 is 14.3 Å². The Morgan fingerprint density at radius 1 is 1.43 bits per heavy atom. The average molecular weight is 321 g/mol. The van der Waals surface area contributed by atoms with E-state index in [1.165, 1.54) is 0 Å². The molecule has 0 saturated carbocycles. The molecule has 0 unspecified atom stereocenters. The summed E-state index contributed by atoms with van der Waals surface area (Å²) in [4.78, 5) is 22.3. The number of likely N-dealkylation sites (tertiary alicyclic amines) is 1. The predicted molar refractivity (Wildman–Crippen MR) is 87.4 cm³/mol. The molecule has 1 fully saturated rings. The van der Waals surface area contributed by atoms with Crippen LogP contribution < -0.4 is 4.74 Å². The first-order chi connectivity index (χ1) is 10.8. The van der Waals surface area contributed by atoms with Crippen LogP contribution in [0.2, 0.25) is 0 Å². The van der Waals surface area contributed by atoms with Gasteiger partial charge in [0.1, 0.15) is 5.60 Å². The van der Waals surface area contributed by atoms with Gasteiger partial charge in [-0.25, -0.2) is 14.8 Å². The SMILES string of the molecule is Cc1ccnc(OCC[C@@H]2CCCN(C(=O)OC(C)(C)C)C2)n1. The zero-order valence-corrected chi connectivity index (χ0v) is 14.5. The number of aromatic nitrogens is 2. The van der Waals surface area contributed by atoms with E-state index in [4.69, 9.17) is 9.47 Å². The van der Waals surface area contributed by atoms with Crippen LogP contribution in [0.1, 0.15) is 45.7 Å². The molecule has 1 aromatic heterocycles. The fourth-order valence-corrected chi connectivity index (χ4v) is 2.61. The second-order valence-corrected chi connectivity index (χ2v) is 7.05. The molecule has 0 aromatic carbocycles. The molecule has 2 rings (SSSR count). The molecule has 1 saturated heterocycles. The molecule has 1 amide bonds. The van der Waals surface area contributed by atoms with Crippen molar-refractivity contribution in [2.45, 2.75) is 52.6 Å². The van der Waals surface area contributed by atoms with E-state index in [2.05, 4.69) is 9.97 Å². The van der Waals surface area contributed by atoms with E-state index in [1.54, 1.807) is 6.20 Å². The average Bonchev–Trinajstić information content (AvgIpc) is 2.46. The Morgan fingerprint density at radius 3 is 2.91 bits per heavy atom. The van der Waals surface area contributed by atoms with Crippen LogP contribution in [0.15, 0.2) is 12.3 Å². The highest BCUT2D eigenvalue weighted by Crippen LogP contribution is 2.21. The van der Waals surface area contributed by atoms with Crippen LogP contribution in [0.3, 0.4) is 0 Å². The van der Waals surface area contributed by atoms with Gasteiger partial charge >= 0.3 is 12.1 Å². The lowest BCUT2D eigenvalue weighted by molar-refractivity contribution is 0.0154. The molecular weight excluding hydrogens is 294 g/mol. The Bertz CT molecular complexity index is 528. The first-order valence-electron chi connectivity index (χ1n) is 8.24. The summed E-state index contributed by atoms with van der Waals surface area (Å²) in [6.07, 6.45) is 4.48. The zero-order chi connectivity index (χ0) is 16.9. The maximum Gasteiger partial charge on any atom is 0.410 e. The van der Waals surface area contributed by atoms with Crippen molar-refractivity contribution in [3.63, 3.8) is 0 Å². The van der Waals surface area contributed by atoms with E-state index in [-0.39, 0.29) is 6.09 Å². The largest absolute Gasteiger partial charge is 0.463 e. The summed E-state index contributed by atoms with van der Waals surface area (Å²) in [6.45, 7) is 9.65. The van der Waals surface area contributed by atoms with Crippen molar-refractivity contribution in [3.05, 3.63) is 18.0 Å². The van der Waals surface area contributed by atoms with Crippen molar-refractivity contribution >= 4 is 6.09 Å². The molecule has 1 aliphatic rings. The quantitative estimate of drug-likeness (QED) is 0.852. The van der Waals surface area contributed by atoms with Crippen LogP contribution >= 0.6 is 0 Å². The number of ether oxygens (including phenoxy) is 2. The van der Waals surface area contributed by atoms with E-state index in [9.17, 15) is 4.79 Å². The maximum absolute atomic E-state index is 12.1. The molecule has 6 nitrogen and oxygen atoms in total. The molecule has 0 radical (unpaired) electrons. The minimum atomic E-state index is -0.449. The summed E-state index contributed by atoms with van der Waals surface area (Å²) < 4.78 is 11.1. The summed E-state index contributed by atoms with van der Waals surface area (Å²) >= 11 is 0. The maximum atomic E-state index is 12.1. The van der Waals surface area contributed by atoms with E-state index in [0.717, 1.165) is 38.0 Å². The number of piperidine rings is 1. The molecule has 0 N–H and O–H groups in total. The molecule has 0 spiro atoms. The van der Waals surface area contributed by atoms with Gasteiger partial charge in [0, 0.05) is 25.0 Å². The minimum absolute atomic E-state index is 0.217. The smallest absolute Gasteiger partial charge is 0.410 e. The van der Waals surface area contributed by atoms with Gasteiger partial charge in [-0.05, 0) is 58.9 Å². The standard InChI is InChI=1S/C17H27N3O3/c1-13-7-9-18-15(19-13)22-11-8-14-6-5-10-20(12-14)16(21)23-17(2,3)4/h7,9,14H,5-6,8,10-12H2,1-4H3/t14-/m0/s1. The molecule has 2 heterocycles. The number of hydrogen-bond acceptors (Lipinski definition) is 5. The summed E-state index contributed by atoms with van der Waals surface area (Å²) in [5.74, 6) is 0.432. The Balaban J connectivity index is 1.76. The van der Waals surface area contributed by atoms with Crippen LogP contribution in [0.25, 0.3) is 0 Å². The van der Waals surface area contributed by atoms with E-state index < -0.39 is 5.60 Å². The van der Waals surface area contributed by atoms with E-state index in [0.29, 0.717) is 18.5 Å². The third kappa shape index (κ3) is 6.04. The summed E-state index contributed by atoms with van der Waals surface area (Å²) in [5.41, 5.74) is 0.444. The number of nitrogens with zero attached hydrogens (tertiary/aromatic N) is 3. The molecular formula is C17H27N3O3. The number of aryl methyl sites for hydroxylation is 1. The second-order valence-electron chi connectivity index (χ2n) is 7.05. The lowest BCUT2D eigenvalue weighted by Crippen LogP contribution is -2.43. The van der Waals surface area contributed by atoms with Gasteiger partial charge in [-0.3, -0.25) is 0 Å². The first kappa shape index (κ1) is 17.5. The summed E-state index contributed by atoms with van der Waals surface area (Å²) in [6, 6.07) is 2.26. The van der Waals surface area contributed by atoms with Crippen molar-refractivity contribution in [2.24, 2.45) is 5.92 Å². The second kappa shape index (κ2) is 7.62. The summed E-state index contributed by atoms with van der Waals surface area (Å²) in [5, 5.41) is 0. The molecule has 23 heavy (non-hydrogen) atoms. The van der Waals surface area contributed by atoms with E-state index >= 15 is 0 Å². The molecule has 6 heteroatoms. The molecule has 1 atom stereocenters. The highest BCUT2D eigenvalue weighted by atomic mass is 16.6. The van der Waals surface area contributed by atoms with Crippen LogP contribution in [0.4, 0.5) is 4.79 Å². The fraction of sp³-hybridized carbons (Fsp3) is 0.706. The molecule has 1 aliphatic heterocycles. The number of amides is 1. The van der Waals surface area contributed by atoms with Crippen LogP contribution in [-0.4, -0.2) is 46.3 Å². The number of carbonyl (C=O) groups excluding carboxylic acids is 1. The normalized spacial score (nSPS) is 18.6. The summed E-state index contributed by atoms with van der Waals surface area (Å²) in [7, 11) is 0.